The van der Waals surface area contributed by atoms with Gasteiger partial charge in [0.2, 0.25) is 0 Å². The van der Waals surface area contributed by atoms with Crippen molar-refractivity contribution < 1.29 is 9.90 Å². The van der Waals surface area contributed by atoms with E-state index in [9.17, 15) is 9.90 Å². The molecule has 0 saturated carbocycles. The molecule has 0 aromatic heterocycles. The Morgan fingerprint density at radius 3 is 2.52 bits per heavy atom. The van der Waals surface area contributed by atoms with Crippen molar-refractivity contribution in [2.24, 2.45) is 0 Å². The molecule has 2 aromatic carbocycles. The zero-order valence-electron chi connectivity index (χ0n) is 11.9. The highest BCUT2D eigenvalue weighted by Gasteiger charge is 2.08. The largest absolute Gasteiger partial charge is 0.506 e. The molecule has 0 unspecified atom stereocenters. The number of unbranched alkanes of at least 4 members (excludes halogenated alkanes) is 1. The maximum Gasteiger partial charge on any atom is 0.255 e. The third-order valence-electron chi connectivity index (χ3n) is 3.24. The summed E-state index contributed by atoms with van der Waals surface area (Å²) in [4.78, 5) is 12.1. The van der Waals surface area contributed by atoms with Crippen molar-refractivity contribution in [3.63, 3.8) is 0 Å². The molecule has 0 aliphatic heterocycles. The van der Waals surface area contributed by atoms with Crippen LogP contribution in [0.5, 0.6) is 5.75 Å². The van der Waals surface area contributed by atoms with E-state index in [0.29, 0.717) is 5.56 Å². The van der Waals surface area contributed by atoms with E-state index in [4.69, 9.17) is 11.6 Å². The smallest absolute Gasteiger partial charge is 0.255 e. The Morgan fingerprint density at radius 2 is 1.90 bits per heavy atom. The van der Waals surface area contributed by atoms with Gasteiger partial charge in [0, 0.05) is 11.3 Å². The molecule has 0 radical (unpaired) electrons. The number of benzene rings is 2. The van der Waals surface area contributed by atoms with E-state index in [1.165, 1.54) is 30.2 Å². The van der Waals surface area contributed by atoms with Gasteiger partial charge in [0.25, 0.3) is 5.91 Å². The molecule has 2 aromatic rings. The number of amides is 1. The van der Waals surface area contributed by atoms with Crippen LogP contribution in [0.4, 0.5) is 5.69 Å². The molecule has 0 fully saturated rings. The molecular weight excluding hydrogens is 286 g/mol. The van der Waals surface area contributed by atoms with E-state index in [-0.39, 0.29) is 16.7 Å². The summed E-state index contributed by atoms with van der Waals surface area (Å²) in [7, 11) is 0. The summed E-state index contributed by atoms with van der Waals surface area (Å²) in [6.45, 7) is 2.16. The van der Waals surface area contributed by atoms with Crippen molar-refractivity contribution in [3.8, 4) is 5.75 Å². The second kappa shape index (κ2) is 7.14. The zero-order valence-corrected chi connectivity index (χ0v) is 12.7. The predicted molar refractivity (Wildman–Crippen MR) is 86.1 cm³/mol. The van der Waals surface area contributed by atoms with Crippen molar-refractivity contribution in [1.29, 1.82) is 0 Å². The highest BCUT2D eigenvalue weighted by atomic mass is 35.5. The van der Waals surface area contributed by atoms with Crippen molar-refractivity contribution in [2.75, 3.05) is 5.32 Å². The normalized spacial score (nSPS) is 10.4. The van der Waals surface area contributed by atoms with Crippen LogP contribution in [-0.4, -0.2) is 11.0 Å². The second-order valence-corrected chi connectivity index (χ2v) is 5.33. The molecule has 1 amide bonds. The number of phenolic OH excluding ortho intramolecular Hbond substituents is 1. The van der Waals surface area contributed by atoms with Crippen molar-refractivity contribution in [3.05, 3.63) is 58.6 Å². The fourth-order valence-electron chi connectivity index (χ4n) is 1.99. The molecule has 0 heterocycles. The number of anilines is 1. The van der Waals surface area contributed by atoms with Crippen LogP contribution >= 0.6 is 11.6 Å². The summed E-state index contributed by atoms with van der Waals surface area (Å²) in [6.07, 6.45) is 3.39. The lowest BCUT2D eigenvalue weighted by molar-refractivity contribution is 0.102. The van der Waals surface area contributed by atoms with E-state index >= 15 is 0 Å². The number of carbonyl (C=O) groups is 1. The van der Waals surface area contributed by atoms with Crippen molar-refractivity contribution in [1.82, 2.24) is 0 Å². The number of phenols is 1. The maximum atomic E-state index is 12.1. The van der Waals surface area contributed by atoms with Gasteiger partial charge in [0.15, 0.2) is 0 Å². The van der Waals surface area contributed by atoms with Crippen LogP contribution in [-0.2, 0) is 6.42 Å². The van der Waals surface area contributed by atoms with Gasteiger partial charge in [-0.2, -0.15) is 0 Å². The van der Waals surface area contributed by atoms with Gasteiger partial charge in [0.1, 0.15) is 5.75 Å². The molecule has 3 nitrogen and oxygen atoms in total. The molecule has 0 spiro atoms. The van der Waals surface area contributed by atoms with Gasteiger partial charge in [-0.15, -0.1) is 0 Å². The summed E-state index contributed by atoms with van der Waals surface area (Å²) in [5.41, 5.74) is 2.42. The van der Waals surface area contributed by atoms with Crippen LogP contribution in [0.25, 0.3) is 0 Å². The minimum absolute atomic E-state index is 0.0338. The molecule has 2 rings (SSSR count). The Bertz CT molecular complexity index is 623. The van der Waals surface area contributed by atoms with E-state index in [0.717, 1.165) is 18.5 Å². The Kier molecular flexibility index (Phi) is 5.23. The molecule has 0 bridgehead atoms. The molecule has 0 aliphatic carbocycles. The molecule has 0 saturated heterocycles. The standard InChI is InChI=1S/C17H18ClNO2/c1-2-3-4-12-5-8-14(9-6-12)19-17(21)13-7-10-16(20)15(18)11-13/h5-11,20H,2-4H2,1H3,(H,19,21). The quantitative estimate of drug-likeness (QED) is 0.845. The molecule has 4 heteroatoms. The van der Waals surface area contributed by atoms with Gasteiger partial charge >= 0.3 is 0 Å². The minimum Gasteiger partial charge on any atom is -0.506 e. The number of nitrogens with one attached hydrogen (secondary N) is 1. The Hall–Kier alpha value is -2.00. The topological polar surface area (TPSA) is 49.3 Å². The molecule has 0 atom stereocenters. The number of carbonyl (C=O) groups excluding carboxylic acids is 1. The van der Waals surface area contributed by atoms with Gasteiger partial charge in [-0.05, 0) is 48.7 Å². The van der Waals surface area contributed by atoms with Crippen LogP contribution in [0.1, 0.15) is 35.7 Å². The fraction of sp³-hybridized carbons (Fsp3) is 0.235. The van der Waals surface area contributed by atoms with E-state index in [1.54, 1.807) is 0 Å². The maximum absolute atomic E-state index is 12.1. The molecular formula is C17H18ClNO2. The van der Waals surface area contributed by atoms with Crippen LogP contribution in [0, 0.1) is 0 Å². The third-order valence-corrected chi connectivity index (χ3v) is 3.54. The number of rotatable bonds is 5. The monoisotopic (exact) mass is 303 g/mol. The summed E-state index contributed by atoms with van der Waals surface area (Å²) in [5.74, 6) is -0.285. The van der Waals surface area contributed by atoms with Gasteiger partial charge in [-0.3, -0.25) is 4.79 Å². The lowest BCUT2D eigenvalue weighted by atomic mass is 10.1. The Morgan fingerprint density at radius 1 is 1.19 bits per heavy atom. The lowest BCUT2D eigenvalue weighted by Crippen LogP contribution is -2.11. The van der Waals surface area contributed by atoms with Gasteiger partial charge in [0.05, 0.1) is 5.02 Å². The molecule has 2 N–H and O–H groups in total. The lowest BCUT2D eigenvalue weighted by Gasteiger charge is -2.07. The number of hydrogen-bond acceptors (Lipinski definition) is 2. The SMILES string of the molecule is CCCCc1ccc(NC(=O)c2ccc(O)c(Cl)c2)cc1. The van der Waals surface area contributed by atoms with Crippen molar-refractivity contribution in [2.45, 2.75) is 26.2 Å². The van der Waals surface area contributed by atoms with E-state index < -0.39 is 0 Å². The first-order valence-electron chi connectivity index (χ1n) is 6.99. The average molecular weight is 304 g/mol. The van der Waals surface area contributed by atoms with Gasteiger partial charge in [-0.1, -0.05) is 37.1 Å². The molecule has 0 aliphatic rings. The molecule has 21 heavy (non-hydrogen) atoms. The summed E-state index contributed by atoms with van der Waals surface area (Å²) < 4.78 is 0. The second-order valence-electron chi connectivity index (χ2n) is 4.92. The minimum atomic E-state index is -0.252. The Labute approximate surface area is 129 Å². The van der Waals surface area contributed by atoms with E-state index in [1.807, 2.05) is 24.3 Å². The van der Waals surface area contributed by atoms with Crippen LogP contribution < -0.4 is 5.32 Å². The zero-order chi connectivity index (χ0) is 15.2. The Balaban J connectivity index is 2.03. The third kappa shape index (κ3) is 4.23. The number of halogens is 1. The fourth-order valence-corrected chi connectivity index (χ4v) is 2.17. The summed E-state index contributed by atoms with van der Waals surface area (Å²) in [5, 5.41) is 12.3. The average Bonchev–Trinajstić information content (AvgIpc) is 2.49. The van der Waals surface area contributed by atoms with E-state index in [2.05, 4.69) is 12.2 Å². The first-order chi connectivity index (χ1) is 10.1. The number of aromatic hydroxyl groups is 1. The highest BCUT2D eigenvalue weighted by molar-refractivity contribution is 6.32. The van der Waals surface area contributed by atoms with Crippen LogP contribution in [0.3, 0.4) is 0 Å². The predicted octanol–water partition coefficient (Wildman–Crippen LogP) is 4.64. The summed E-state index contributed by atoms with van der Waals surface area (Å²) in [6, 6.07) is 12.2. The highest BCUT2D eigenvalue weighted by Crippen LogP contribution is 2.24. The van der Waals surface area contributed by atoms with Crippen molar-refractivity contribution >= 4 is 23.2 Å². The molecule has 110 valence electrons. The number of hydrogen-bond donors (Lipinski definition) is 2. The first-order valence-corrected chi connectivity index (χ1v) is 7.36. The van der Waals surface area contributed by atoms with Crippen LogP contribution in [0.2, 0.25) is 5.02 Å². The summed E-state index contributed by atoms with van der Waals surface area (Å²) >= 11 is 5.80. The first kappa shape index (κ1) is 15.4. The van der Waals surface area contributed by atoms with Gasteiger partial charge in [-0.25, -0.2) is 0 Å². The van der Waals surface area contributed by atoms with Crippen LogP contribution in [0.15, 0.2) is 42.5 Å². The number of aryl methyl sites for hydroxylation is 1. The van der Waals surface area contributed by atoms with Gasteiger partial charge < -0.3 is 10.4 Å².